The Morgan fingerprint density at radius 2 is 2.35 bits per heavy atom. The van der Waals surface area contributed by atoms with Crippen LogP contribution in [0, 0.1) is 0 Å². The van der Waals surface area contributed by atoms with E-state index in [0.717, 1.165) is 36.3 Å². The Hall–Kier alpha value is -0.580. The van der Waals surface area contributed by atoms with Crippen LogP contribution in [0.15, 0.2) is 22.7 Å². The Labute approximate surface area is 129 Å². The highest BCUT2D eigenvalue weighted by atomic mass is 79.9. The van der Waals surface area contributed by atoms with Gasteiger partial charge < -0.3 is 10.1 Å². The fourth-order valence-corrected chi connectivity index (χ4v) is 3.74. The van der Waals surface area contributed by atoms with Crippen molar-refractivity contribution in [2.24, 2.45) is 0 Å². The van der Waals surface area contributed by atoms with Gasteiger partial charge >= 0.3 is 0 Å². The van der Waals surface area contributed by atoms with E-state index in [-0.39, 0.29) is 0 Å². The third kappa shape index (κ3) is 3.18. The van der Waals surface area contributed by atoms with Crippen molar-refractivity contribution in [2.75, 3.05) is 26.2 Å². The molecule has 3 rings (SSSR count). The molecule has 0 saturated carbocycles. The van der Waals surface area contributed by atoms with E-state index in [2.05, 4.69) is 51.3 Å². The van der Waals surface area contributed by atoms with Gasteiger partial charge in [-0.2, -0.15) is 0 Å². The average molecular weight is 339 g/mol. The lowest BCUT2D eigenvalue weighted by molar-refractivity contribution is 0.107. The van der Waals surface area contributed by atoms with Crippen molar-refractivity contribution in [3.05, 3.63) is 28.2 Å². The largest absolute Gasteiger partial charge is 0.488 e. The van der Waals surface area contributed by atoms with Gasteiger partial charge in [0.25, 0.3) is 0 Å². The van der Waals surface area contributed by atoms with Crippen molar-refractivity contribution in [1.29, 1.82) is 0 Å². The summed E-state index contributed by atoms with van der Waals surface area (Å²) in [6, 6.07) is 7.00. The molecule has 4 heteroatoms. The van der Waals surface area contributed by atoms with E-state index in [1.54, 1.807) is 0 Å². The molecule has 0 bridgehead atoms. The summed E-state index contributed by atoms with van der Waals surface area (Å²) in [4.78, 5) is 2.58. The fraction of sp³-hybridized carbons (Fsp3) is 0.625. The number of hydrogen-bond donors (Lipinski definition) is 1. The van der Waals surface area contributed by atoms with E-state index in [1.807, 2.05) is 0 Å². The first-order valence-corrected chi connectivity index (χ1v) is 8.45. The zero-order valence-corrected chi connectivity index (χ0v) is 13.7. The molecule has 1 N–H and O–H groups in total. The minimum atomic E-state index is 0.307. The van der Waals surface area contributed by atoms with Gasteiger partial charge in [0, 0.05) is 30.0 Å². The van der Waals surface area contributed by atoms with Crippen molar-refractivity contribution in [3.8, 4) is 5.75 Å². The normalized spacial score (nSPS) is 25.6. The first kappa shape index (κ1) is 14.4. The molecule has 2 atom stereocenters. The topological polar surface area (TPSA) is 24.5 Å². The predicted octanol–water partition coefficient (Wildman–Crippen LogP) is 2.83. The fourth-order valence-electron chi connectivity index (χ4n) is 3.33. The average Bonchev–Trinajstić information content (AvgIpc) is 2.87. The van der Waals surface area contributed by atoms with Gasteiger partial charge in [-0.05, 0) is 49.7 Å². The molecule has 20 heavy (non-hydrogen) atoms. The maximum Gasteiger partial charge on any atom is 0.123 e. The number of hydrogen-bond acceptors (Lipinski definition) is 3. The van der Waals surface area contributed by atoms with Crippen LogP contribution >= 0.6 is 15.9 Å². The highest BCUT2D eigenvalue weighted by Crippen LogP contribution is 2.31. The van der Waals surface area contributed by atoms with Crippen LogP contribution in [0.5, 0.6) is 5.75 Å². The molecule has 2 heterocycles. The van der Waals surface area contributed by atoms with Gasteiger partial charge in [-0.25, -0.2) is 0 Å². The first-order chi connectivity index (χ1) is 9.76. The highest BCUT2D eigenvalue weighted by molar-refractivity contribution is 9.10. The molecular weight excluding hydrogens is 316 g/mol. The first-order valence-electron chi connectivity index (χ1n) is 7.66. The lowest BCUT2D eigenvalue weighted by Crippen LogP contribution is -2.49. The number of nitrogens with one attached hydrogen (secondary N) is 1. The number of halogens is 1. The van der Waals surface area contributed by atoms with E-state index in [9.17, 15) is 0 Å². The molecule has 0 aromatic heterocycles. The van der Waals surface area contributed by atoms with Crippen molar-refractivity contribution < 1.29 is 4.74 Å². The standard InChI is InChI=1S/C16H23BrN2O/c1-2-19(14-4-3-7-18-10-14)11-15-9-12-8-13(17)5-6-16(12)20-15/h5-6,8,14-15,18H,2-4,7,9-11H2,1H3. The molecule has 0 amide bonds. The third-order valence-electron chi connectivity index (χ3n) is 4.40. The second kappa shape index (κ2) is 6.46. The van der Waals surface area contributed by atoms with Crippen molar-refractivity contribution in [2.45, 2.75) is 38.3 Å². The Morgan fingerprint density at radius 3 is 3.10 bits per heavy atom. The third-order valence-corrected chi connectivity index (χ3v) is 4.89. The summed E-state index contributed by atoms with van der Waals surface area (Å²) >= 11 is 3.54. The number of benzene rings is 1. The summed E-state index contributed by atoms with van der Waals surface area (Å²) in [5.41, 5.74) is 1.34. The van der Waals surface area contributed by atoms with E-state index < -0.39 is 0 Å². The molecular formula is C16H23BrN2O. The van der Waals surface area contributed by atoms with Gasteiger partial charge in [-0.1, -0.05) is 22.9 Å². The molecule has 1 aromatic carbocycles. The SMILES string of the molecule is CCN(CC1Cc2cc(Br)ccc2O1)C1CCCNC1. The highest BCUT2D eigenvalue weighted by Gasteiger charge is 2.28. The van der Waals surface area contributed by atoms with E-state index >= 15 is 0 Å². The maximum atomic E-state index is 6.10. The van der Waals surface area contributed by atoms with Crippen LogP contribution in [0.25, 0.3) is 0 Å². The van der Waals surface area contributed by atoms with Crippen LogP contribution in [0.2, 0.25) is 0 Å². The van der Waals surface area contributed by atoms with Crippen molar-refractivity contribution >= 4 is 15.9 Å². The maximum absolute atomic E-state index is 6.10. The summed E-state index contributed by atoms with van der Waals surface area (Å²) in [5.74, 6) is 1.07. The Morgan fingerprint density at radius 1 is 1.45 bits per heavy atom. The number of likely N-dealkylation sites (N-methyl/N-ethyl adjacent to an activating group) is 1. The number of nitrogens with zero attached hydrogens (tertiary/aromatic N) is 1. The van der Waals surface area contributed by atoms with E-state index in [1.165, 1.54) is 24.9 Å². The minimum absolute atomic E-state index is 0.307. The monoisotopic (exact) mass is 338 g/mol. The summed E-state index contributed by atoms with van der Waals surface area (Å²) < 4.78 is 7.25. The van der Waals surface area contributed by atoms with E-state index in [4.69, 9.17) is 4.74 Å². The summed E-state index contributed by atoms with van der Waals surface area (Å²) in [6.45, 7) is 6.70. The van der Waals surface area contributed by atoms with Gasteiger partial charge in [-0.3, -0.25) is 4.90 Å². The number of ether oxygens (including phenoxy) is 1. The van der Waals surface area contributed by atoms with Crippen molar-refractivity contribution in [3.63, 3.8) is 0 Å². The number of piperidine rings is 1. The molecule has 0 aliphatic carbocycles. The van der Waals surface area contributed by atoms with Gasteiger partial charge in [0.05, 0.1) is 0 Å². The molecule has 3 nitrogen and oxygen atoms in total. The van der Waals surface area contributed by atoms with Crippen molar-refractivity contribution in [1.82, 2.24) is 10.2 Å². The van der Waals surface area contributed by atoms with Crippen LogP contribution in [0.1, 0.15) is 25.3 Å². The molecule has 1 saturated heterocycles. The second-order valence-corrected chi connectivity index (χ2v) is 6.70. The summed E-state index contributed by atoms with van der Waals surface area (Å²) in [5, 5.41) is 3.51. The predicted molar refractivity (Wildman–Crippen MR) is 85.4 cm³/mol. The zero-order valence-electron chi connectivity index (χ0n) is 12.1. The quantitative estimate of drug-likeness (QED) is 0.913. The van der Waals surface area contributed by atoms with Gasteiger partial charge in [0.1, 0.15) is 11.9 Å². The van der Waals surface area contributed by atoms with Crippen LogP contribution in [0.4, 0.5) is 0 Å². The summed E-state index contributed by atoms with van der Waals surface area (Å²) in [6.07, 6.45) is 3.94. The molecule has 2 unspecified atom stereocenters. The molecule has 1 aromatic rings. The van der Waals surface area contributed by atoms with Crippen LogP contribution in [0.3, 0.4) is 0 Å². The van der Waals surface area contributed by atoms with Crippen LogP contribution in [-0.4, -0.2) is 43.2 Å². The van der Waals surface area contributed by atoms with Crippen LogP contribution < -0.4 is 10.1 Å². The number of fused-ring (bicyclic) bond motifs is 1. The molecule has 110 valence electrons. The molecule has 2 aliphatic heterocycles. The summed E-state index contributed by atoms with van der Waals surface area (Å²) in [7, 11) is 0. The molecule has 0 radical (unpaired) electrons. The smallest absolute Gasteiger partial charge is 0.123 e. The Balaban J connectivity index is 1.60. The van der Waals surface area contributed by atoms with Gasteiger partial charge in [-0.15, -0.1) is 0 Å². The van der Waals surface area contributed by atoms with E-state index in [0.29, 0.717) is 12.1 Å². The molecule has 1 fully saturated rings. The minimum Gasteiger partial charge on any atom is -0.488 e. The molecule has 2 aliphatic rings. The second-order valence-electron chi connectivity index (χ2n) is 5.78. The lowest BCUT2D eigenvalue weighted by atomic mass is 10.0. The lowest BCUT2D eigenvalue weighted by Gasteiger charge is -2.35. The van der Waals surface area contributed by atoms with Gasteiger partial charge in [0.2, 0.25) is 0 Å². The Kier molecular flexibility index (Phi) is 4.64. The van der Waals surface area contributed by atoms with Gasteiger partial charge in [0.15, 0.2) is 0 Å². The number of rotatable bonds is 4. The van der Waals surface area contributed by atoms with Crippen LogP contribution in [-0.2, 0) is 6.42 Å². The Bertz CT molecular complexity index is 460. The molecule has 0 spiro atoms. The zero-order chi connectivity index (χ0) is 13.9.